The van der Waals surface area contributed by atoms with Gasteiger partial charge in [-0.3, -0.25) is 10.2 Å². The van der Waals surface area contributed by atoms with E-state index in [-0.39, 0.29) is 18.0 Å². The third kappa shape index (κ3) is 5.05. The van der Waals surface area contributed by atoms with Gasteiger partial charge in [-0.1, -0.05) is 54.1 Å². The number of ether oxygens (including phenoxy) is 2. The number of carbonyl (C=O) groups is 1. The van der Waals surface area contributed by atoms with Gasteiger partial charge in [0.05, 0.1) is 28.8 Å². The first-order chi connectivity index (χ1) is 18.5. The Hall–Kier alpha value is -4.39. The molecule has 0 atom stereocenters. The predicted octanol–water partition coefficient (Wildman–Crippen LogP) is 5.86. The monoisotopic (exact) mass is 541 g/mol. The molecule has 5 rings (SSSR count). The average molecular weight is 542 g/mol. The number of benzene rings is 3. The molecule has 0 saturated heterocycles. The van der Waals surface area contributed by atoms with Gasteiger partial charge < -0.3 is 9.47 Å². The van der Waals surface area contributed by atoms with E-state index < -0.39 is 5.91 Å². The summed E-state index contributed by atoms with van der Waals surface area (Å²) in [4.78, 5) is 17.0. The minimum absolute atomic E-state index is 0.0825. The Labute approximate surface area is 228 Å². The summed E-state index contributed by atoms with van der Waals surface area (Å²) in [5.41, 5.74) is 2.74. The highest BCUT2D eigenvalue weighted by atomic mass is 35.5. The summed E-state index contributed by atoms with van der Waals surface area (Å²) in [5, 5.41) is 25.2. The Morgan fingerprint density at radius 2 is 1.89 bits per heavy atom. The first-order valence-corrected chi connectivity index (χ1v) is 12.8. The lowest BCUT2D eigenvalue weighted by Gasteiger charge is -2.20. The topological polar surface area (TPSA) is 111 Å². The van der Waals surface area contributed by atoms with Gasteiger partial charge in [0, 0.05) is 11.1 Å². The number of amides is 1. The fraction of sp³-hybridized carbons (Fsp3) is 0.107. The Morgan fingerprint density at radius 3 is 2.68 bits per heavy atom. The smallest absolute Gasteiger partial charge is 0.283 e. The maximum atomic E-state index is 12.9. The van der Waals surface area contributed by atoms with Crippen LogP contribution in [0.2, 0.25) is 5.02 Å². The van der Waals surface area contributed by atoms with Crippen molar-refractivity contribution in [3.05, 3.63) is 99.6 Å². The average Bonchev–Trinajstić information content (AvgIpc) is 3.35. The zero-order chi connectivity index (χ0) is 26.6. The lowest BCUT2D eigenvalue weighted by Crippen LogP contribution is -2.35. The first kappa shape index (κ1) is 25.3. The van der Waals surface area contributed by atoms with Crippen molar-refractivity contribution in [3.8, 4) is 17.6 Å². The van der Waals surface area contributed by atoms with Crippen LogP contribution in [0.25, 0.3) is 6.08 Å². The van der Waals surface area contributed by atoms with Gasteiger partial charge in [-0.05, 0) is 54.6 Å². The highest BCUT2D eigenvalue weighted by Crippen LogP contribution is 2.34. The number of rotatable bonds is 7. The van der Waals surface area contributed by atoms with Gasteiger partial charge >= 0.3 is 0 Å². The fourth-order valence-electron chi connectivity index (χ4n) is 3.81. The van der Waals surface area contributed by atoms with Crippen molar-refractivity contribution in [1.29, 1.82) is 10.7 Å². The largest absolute Gasteiger partial charge is 0.490 e. The Bertz CT molecular complexity index is 1590. The number of aliphatic imine (C=N–C) groups is 1. The van der Waals surface area contributed by atoms with Crippen molar-refractivity contribution < 1.29 is 14.3 Å². The maximum absolute atomic E-state index is 12.9. The third-order valence-electron chi connectivity index (χ3n) is 5.66. The van der Waals surface area contributed by atoms with E-state index in [2.05, 4.69) is 16.2 Å². The number of hydrazone groups is 1. The van der Waals surface area contributed by atoms with E-state index in [0.717, 1.165) is 5.56 Å². The molecule has 1 amide bonds. The molecule has 0 spiro atoms. The van der Waals surface area contributed by atoms with Crippen molar-refractivity contribution in [3.63, 3.8) is 0 Å². The lowest BCUT2D eigenvalue weighted by atomic mass is 10.1. The molecule has 2 heterocycles. The van der Waals surface area contributed by atoms with Crippen molar-refractivity contribution in [2.45, 2.75) is 13.5 Å². The van der Waals surface area contributed by atoms with Crippen molar-refractivity contribution in [2.24, 2.45) is 10.1 Å². The number of nitriles is 1. The van der Waals surface area contributed by atoms with Gasteiger partial charge in [0.2, 0.25) is 5.17 Å². The summed E-state index contributed by atoms with van der Waals surface area (Å²) in [5.74, 6) is 0.361. The molecule has 3 aromatic rings. The summed E-state index contributed by atoms with van der Waals surface area (Å²) < 4.78 is 11.7. The van der Waals surface area contributed by atoms with E-state index in [1.807, 2.05) is 37.3 Å². The van der Waals surface area contributed by atoms with E-state index in [9.17, 15) is 10.1 Å². The molecule has 2 aliphatic rings. The minimum Gasteiger partial charge on any atom is -0.490 e. The van der Waals surface area contributed by atoms with E-state index in [1.54, 1.807) is 42.5 Å². The van der Waals surface area contributed by atoms with Crippen LogP contribution in [-0.2, 0) is 11.4 Å². The van der Waals surface area contributed by atoms with E-state index in [4.69, 9.17) is 26.5 Å². The molecule has 3 aromatic carbocycles. The second-order valence-electron chi connectivity index (χ2n) is 8.10. The summed E-state index contributed by atoms with van der Waals surface area (Å²) in [6.07, 6.45) is 1.58. The van der Waals surface area contributed by atoms with Crippen molar-refractivity contribution in [1.82, 2.24) is 5.01 Å². The van der Waals surface area contributed by atoms with E-state index in [0.29, 0.717) is 50.0 Å². The predicted molar refractivity (Wildman–Crippen MR) is 149 cm³/mol. The quantitative estimate of drug-likeness (QED) is 0.375. The number of nitrogens with one attached hydrogen (secondary N) is 1. The molecule has 0 unspecified atom stereocenters. The van der Waals surface area contributed by atoms with Crippen LogP contribution in [0.5, 0.6) is 11.5 Å². The molecule has 8 nitrogen and oxygen atoms in total. The number of nitrogens with zero attached hydrogens (tertiary/aromatic N) is 4. The number of thioether (sulfide) groups is 1. The van der Waals surface area contributed by atoms with Gasteiger partial charge in [0.1, 0.15) is 11.7 Å². The van der Waals surface area contributed by atoms with Gasteiger partial charge in [0.25, 0.3) is 5.91 Å². The molecule has 1 N–H and O–H groups in total. The molecule has 0 saturated carbocycles. The highest BCUT2D eigenvalue weighted by Gasteiger charge is 2.36. The summed E-state index contributed by atoms with van der Waals surface area (Å²) in [7, 11) is 0. The second-order valence-corrected chi connectivity index (χ2v) is 9.46. The van der Waals surface area contributed by atoms with Crippen molar-refractivity contribution >= 4 is 51.4 Å². The molecular weight excluding hydrogens is 522 g/mol. The number of hydrogen-bond acceptors (Lipinski definition) is 7. The molecule has 0 bridgehead atoms. The molecule has 188 valence electrons. The van der Waals surface area contributed by atoms with Gasteiger partial charge in [0.15, 0.2) is 17.3 Å². The highest BCUT2D eigenvalue weighted by molar-refractivity contribution is 8.27. The maximum Gasteiger partial charge on any atom is 0.283 e. The number of amidine groups is 2. The number of hydrogen-bond donors (Lipinski definition) is 1. The second kappa shape index (κ2) is 10.9. The zero-order valence-electron chi connectivity index (χ0n) is 20.1. The van der Waals surface area contributed by atoms with Crippen LogP contribution in [-0.4, -0.2) is 33.6 Å². The van der Waals surface area contributed by atoms with Crippen LogP contribution >= 0.6 is 23.4 Å². The van der Waals surface area contributed by atoms with Gasteiger partial charge in [-0.2, -0.15) is 20.4 Å². The molecule has 0 radical (unpaired) electrons. The number of carbonyl (C=O) groups excluding carboxylic acids is 1. The van der Waals surface area contributed by atoms with Crippen LogP contribution in [0.3, 0.4) is 0 Å². The summed E-state index contributed by atoms with van der Waals surface area (Å²) >= 11 is 7.50. The molecule has 0 fully saturated rings. The van der Waals surface area contributed by atoms with Gasteiger partial charge in [-0.15, -0.1) is 0 Å². The number of fused-ring (bicyclic) bond motifs is 1. The molecule has 38 heavy (non-hydrogen) atoms. The van der Waals surface area contributed by atoms with E-state index in [1.165, 1.54) is 16.8 Å². The summed E-state index contributed by atoms with van der Waals surface area (Å²) in [6, 6.07) is 21.9. The standard InChI is InChI=1S/C28H20ClN5O3S/c1-2-36-24-14-17(11-12-23(24)37-16-19-8-4-3-7-18(19)15-30)13-21-25(31)34-28(32-26(21)35)38-27(33-34)20-9-5-6-10-22(20)29/h3-14,31H,2,16H2,1H3. The molecule has 0 aliphatic carbocycles. The molecule has 0 aromatic heterocycles. The third-order valence-corrected chi connectivity index (χ3v) is 6.93. The zero-order valence-corrected chi connectivity index (χ0v) is 21.7. The lowest BCUT2D eigenvalue weighted by molar-refractivity contribution is -0.114. The number of halogens is 1. The SMILES string of the molecule is CCOc1cc(C=C2C(=N)N3N=C(c4ccccc4Cl)SC3=NC2=O)ccc1OCc1ccccc1C#N. The molecular formula is C28H20ClN5O3S. The molecule has 10 heteroatoms. The Balaban J connectivity index is 1.40. The van der Waals surface area contributed by atoms with Crippen LogP contribution < -0.4 is 9.47 Å². The van der Waals surface area contributed by atoms with Gasteiger partial charge in [-0.25, -0.2) is 0 Å². The Kier molecular flexibility index (Phi) is 7.26. The van der Waals surface area contributed by atoms with E-state index >= 15 is 0 Å². The summed E-state index contributed by atoms with van der Waals surface area (Å²) in [6.45, 7) is 2.46. The van der Waals surface area contributed by atoms with Crippen LogP contribution in [0.4, 0.5) is 0 Å². The Morgan fingerprint density at radius 1 is 1.11 bits per heavy atom. The van der Waals surface area contributed by atoms with Crippen LogP contribution in [0.15, 0.2) is 82.4 Å². The van der Waals surface area contributed by atoms with Crippen LogP contribution in [0.1, 0.15) is 29.2 Å². The first-order valence-electron chi connectivity index (χ1n) is 11.6. The molecule has 2 aliphatic heterocycles. The minimum atomic E-state index is -0.532. The fourth-order valence-corrected chi connectivity index (χ4v) is 5.03. The van der Waals surface area contributed by atoms with Crippen molar-refractivity contribution in [2.75, 3.05) is 6.61 Å². The van der Waals surface area contributed by atoms with Crippen LogP contribution in [0, 0.1) is 16.7 Å². The normalized spacial score (nSPS) is 15.6.